The first kappa shape index (κ1) is 10.5. The second-order valence-electron chi connectivity index (χ2n) is 3.77. The van der Waals surface area contributed by atoms with E-state index in [2.05, 4.69) is 31.6 Å². The van der Waals surface area contributed by atoms with E-state index in [9.17, 15) is 4.79 Å². The molecule has 0 amide bonds. The molecule has 2 aromatic rings. The molecule has 1 N–H and O–H groups in total. The fraction of sp³-hybridized carbons (Fsp3) is 0.182. The molecular weight excluding hydrogens is 284 g/mol. The molecule has 17 heavy (non-hydrogen) atoms. The maximum absolute atomic E-state index is 12.2. The first-order chi connectivity index (χ1) is 8.25. The summed E-state index contributed by atoms with van der Waals surface area (Å²) in [7, 11) is 0. The van der Waals surface area contributed by atoms with E-state index in [1.54, 1.807) is 16.8 Å². The molecule has 0 unspecified atom stereocenters. The number of hydrogen-bond acceptors (Lipinski definition) is 4. The highest BCUT2D eigenvalue weighted by atomic mass is 79.9. The fourth-order valence-corrected chi connectivity index (χ4v) is 2.08. The van der Waals surface area contributed by atoms with Crippen LogP contribution in [-0.4, -0.2) is 27.3 Å². The Morgan fingerprint density at radius 1 is 1.35 bits per heavy atom. The van der Waals surface area contributed by atoms with Crippen LogP contribution in [-0.2, 0) is 6.54 Å². The van der Waals surface area contributed by atoms with E-state index in [1.165, 1.54) is 0 Å². The van der Waals surface area contributed by atoms with Gasteiger partial charge in [0.2, 0.25) is 5.78 Å². The third-order valence-electron chi connectivity index (χ3n) is 2.67. The number of fused-ring (bicyclic) bond motifs is 1. The molecule has 0 saturated heterocycles. The number of ketones is 1. The van der Waals surface area contributed by atoms with Crippen LogP contribution in [0, 0.1) is 0 Å². The van der Waals surface area contributed by atoms with Gasteiger partial charge in [-0.15, -0.1) is 5.10 Å². The number of carbonyl (C=O) groups is 1. The highest BCUT2D eigenvalue weighted by Gasteiger charge is 2.23. The molecular formula is C11H9BrN4O. The van der Waals surface area contributed by atoms with Gasteiger partial charge in [0, 0.05) is 16.6 Å². The summed E-state index contributed by atoms with van der Waals surface area (Å²) >= 11 is 3.34. The highest BCUT2D eigenvalue weighted by molar-refractivity contribution is 9.10. The van der Waals surface area contributed by atoms with Crippen molar-refractivity contribution in [2.24, 2.45) is 0 Å². The zero-order valence-corrected chi connectivity index (χ0v) is 10.4. The van der Waals surface area contributed by atoms with Crippen molar-refractivity contribution >= 4 is 27.5 Å². The van der Waals surface area contributed by atoms with Gasteiger partial charge >= 0.3 is 0 Å². The lowest BCUT2D eigenvalue weighted by Gasteiger charge is -2.00. The summed E-state index contributed by atoms with van der Waals surface area (Å²) in [6, 6.07) is 7.22. The Hall–Kier alpha value is -1.69. The lowest BCUT2D eigenvalue weighted by Crippen LogP contribution is -2.06. The summed E-state index contributed by atoms with van der Waals surface area (Å²) < 4.78 is 2.66. The maximum atomic E-state index is 12.2. The molecule has 1 aliphatic heterocycles. The van der Waals surface area contributed by atoms with E-state index in [0.717, 1.165) is 23.4 Å². The molecule has 0 spiro atoms. The van der Waals surface area contributed by atoms with Crippen molar-refractivity contribution in [2.45, 2.75) is 6.54 Å². The zero-order valence-electron chi connectivity index (χ0n) is 8.85. The third kappa shape index (κ3) is 1.74. The predicted molar refractivity (Wildman–Crippen MR) is 66.1 cm³/mol. The van der Waals surface area contributed by atoms with Crippen LogP contribution >= 0.6 is 15.9 Å². The minimum absolute atomic E-state index is 0.104. The van der Waals surface area contributed by atoms with Gasteiger partial charge in [0.1, 0.15) is 0 Å². The Labute approximate surface area is 106 Å². The van der Waals surface area contributed by atoms with Gasteiger partial charge in [-0.2, -0.15) is 0 Å². The molecule has 0 saturated carbocycles. The van der Waals surface area contributed by atoms with Gasteiger partial charge in [-0.3, -0.25) is 4.79 Å². The van der Waals surface area contributed by atoms with Gasteiger partial charge < -0.3 is 5.32 Å². The van der Waals surface area contributed by atoms with Crippen molar-refractivity contribution in [3.8, 4) is 0 Å². The highest BCUT2D eigenvalue weighted by Crippen LogP contribution is 2.21. The molecule has 86 valence electrons. The molecule has 1 aromatic heterocycles. The van der Waals surface area contributed by atoms with Gasteiger partial charge in [0.05, 0.1) is 6.54 Å². The normalized spacial score (nSPS) is 13.2. The zero-order chi connectivity index (χ0) is 11.8. The Morgan fingerprint density at radius 2 is 2.12 bits per heavy atom. The van der Waals surface area contributed by atoms with E-state index < -0.39 is 0 Å². The summed E-state index contributed by atoms with van der Waals surface area (Å²) in [5, 5.41) is 11.0. The largest absolute Gasteiger partial charge is 0.366 e. The van der Waals surface area contributed by atoms with E-state index in [1.807, 2.05) is 12.1 Å². The number of rotatable bonds is 2. The lowest BCUT2D eigenvalue weighted by molar-refractivity contribution is 0.103. The van der Waals surface area contributed by atoms with Crippen molar-refractivity contribution < 1.29 is 4.79 Å². The van der Waals surface area contributed by atoms with Crippen LogP contribution in [0.5, 0.6) is 0 Å². The molecule has 0 aliphatic carbocycles. The molecule has 2 heterocycles. The van der Waals surface area contributed by atoms with Crippen LogP contribution in [0.1, 0.15) is 16.1 Å². The molecule has 0 atom stereocenters. The third-order valence-corrected chi connectivity index (χ3v) is 3.20. The van der Waals surface area contributed by atoms with Crippen LogP contribution in [0.3, 0.4) is 0 Å². The van der Waals surface area contributed by atoms with Crippen molar-refractivity contribution in [1.29, 1.82) is 0 Å². The number of nitrogens with zero attached hydrogens (tertiary/aromatic N) is 3. The van der Waals surface area contributed by atoms with Gasteiger partial charge in [-0.25, -0.2) is 4.68 Å². The molecule has 1 aromatic carbocycles. The monoisotopic (exact) mass is 292 g/mol. The minimum atomic E-state index is -0.104. The van der Waals surface area contributed by atoms with E-state index in [0.29, 0.717) is 11.3 Å². The molecule has 5 nitrogen and oxygen atoms in total. The van der Waals surface area contributed by atoms with Crippen molar-refractivity contribution in [2.75, 3.05) is 11.9 Å². The average Bonchev–Trinajstić information content (AvgIpc) is 2.90. The quantitative estimate of drug-likeness (QED) is 0.856. The van der Waals surface area contributed by atoms with E-state index >= 15 is 0 Å². The molecule has 0 radical (unpaired) electrons. The fourth-order valence-electron chi connectivity index (χ4n) is 1.82. The van der Waals surface area contributed by atoms with Crippen molar-refractivity contribution in [3.63, 3.8) is 0 Å². The van der Waals surface area contributed by atoms with Crippen LogP contribution in [0.2, 0.25) is 0 Å². The summed E-state index contributed by atoms with van der Waals surface area (Å²) in [6.07, 6.45) is 0. The summed E-state index contributed by atoms with van der Waals surface area (Å²) in [4.78, 5) is 12.2. The molecule has 3 rings (SSSR count). The van der Waals surface area contributed by atoms with Gasteiger partial charge in [0.25, 0.3) is 0 Å². The number of benzene rings is 1. The van der Waals surface area contributed by atoms with Gasteiger partial charge in [0.15, 0.2) is 11.5 Å². The van der Waals surface area contributed by atoms with Crippen LogP contribution < -0.4 is 5.32 Å². The Balaban J connectivity index is 1.99. The van der Waals surface area contributed by atoms with Gasteiger partial charge in [-0.05, 0) is 24.3 Å². The second kappa shape index (κ2) is 3.96. The Morgan fingerprint density at radius 3 is 2.88 bits per heavy atom. The molecule has 1 aliphatic rings. The summed E-state index contributed by atoms with van der Waals surface area (Å²) in [5.41, 5.74) is 1.01. The van der Waals surface area contributed by atoms with Gasteiger partial charge in [-0.1, -0.05) is 21.1 Å². The van der Waals surface area contributed by atoms with E-state index in [-0.39, 0.29) is 5.78 Å². The number of nitrogens with one attached hydrogen (secondary N) is 1. The molecule has 6 heteroatoms. The predicted octanol–water partition coefficient (Wildman–Crippen LogP) is 1.70. The standard InChI is InChI=1S/C11H9BrN4O/c12-8-3-1-7(2-4-8)10(17)9-11-13-5-6-16(11)15-14-9/h1-4,13H,5-6H2. The van der Waals surface area contributed by atoms with E-state index in [4.69, 9.17) is 0 Å². The van der Waals surface area contributed by atoms with Crippen LogP contribution in [0.4, 0.5) is 5.82 Å². The average molecular weight is 293 g/mol. The Kier molecular flexibility index (Phi) is 2.44. The molecule has 0 bridgehead atoms. The van der Waals surface area contributed by atoms with Crippen LogP contribution in [0.15, 0.2) is 28.7 Å². The molecule has 0 fully saturated rings. The topological polar surface area (TPSA) is 59.8 Å². The first-order valence-corrected chi connectivity index (χ1v) is 6.02. The lowest BCUT2D eigenvalue weighted by atomic mass is 10.1. The first-order valence-electron chi connectivity index (χ1n) is 5.23. The van der Waals surface area contributed by atoms with Crippen LogP contribution in [0.25, 0.3) is 0 Å². The smallest absolute Gasteiger partial charge is 0.217 e. The number of halogens is 1. The second-order valence-corrected chi connectivity index (χ2v) is 4.69. The SMILES string of the molecule is O=C(c1ccc(Br)cc1)c1nnn2c1NCC2. The summed E-state index contributed by atoms with van der Waals surface area (Å²) in [5.74, 6) is 0.617. The minimum Gasteiger partial charge on any atom is -0.366 e. The van der Waals surface area contributed by atoms with Crippen molar-refractivity contribution in [1.82, 2.24) is 15.0 Å². The number of anilines is 1. The number of aromatic nitrogens is 3. The Bertz CT molecular complexity index is 576. The summed E-state index contributed by atoms with van der Waals surface area (Å²) in [6.45, 7) is 1.56. The maximum Gasteiger partial charge on any atom is 0.217 e. The number of hydrogen-bond donors (Lipinski definition) is 1. The van der Waals surface area contributed by atoms with Crippen molar-refractivity contribution in [3.05, 3.63) is 40.0 Å². The number of carbonyl (C=O) groups excluding carboxylic acids is 1.